The Morgan fingerprint density at radius 3 is 1.24 bits per heavy atom. The Labute approximate surface area is 713 Å². The average molecular weight is 1550 g/mol. The summed E-state index contributed by atoms with van der Waals surface area (Å²) in [5.41, 5.74) is 30.3. The van der Waals surface area contributed by atoms with Gasteiger partial charge in [-0.3, -0.25) is 0 Å². The van der Waals surface area contributed by atoms with E-state index in [2.05, 4.69) is 395 Å². The molecule has 0 amide bonds. The zero-order chi connectivity index (χ0) is 88.0. The van der Waals surface area contributed by atoms with Gasteiger partial charge >= 0.3 is 0 Å². The maximum Gasteiger partial charge on any atom is 0.252 e. The number of hydrogen-bond donors (Lipinski definition) is 0. The predicted octanol–water partition coefficient (Wildman–Crippen LogP) is 29.3. The van der Waals surface area contributed by atoms with Gasteiger partial charge in [-0.2, -0.15) is 5.26 Å². The van der Waals surface area contributed by atoms with Crippen LogP contribution in [0.1, 0.15) is 197 Å². The largest absolute Gasteiger partial charge is 0.311 e. The minimum absolute atomic E-state index is 0.125. The summed E-state index contributed by atoms with van der Waals surface area (Å²) in [7, 11) is 0. The molecule has 0 bridgehead atoms. The highest BCUT2D eigenvalue weighted by molar-refractivity contribution is 7.00. The Kier molecular flexibility index (Phi) is 17.0. The molecule has 0 N–H and O–H groups in total. The second kappa shape index (κ2) is 28.0. The van der Waals surface area contributed by atoms with Gasteiger partial charge in [-0.05, 0) is 246 Å². The van der Waals surface area contributed by atoms with Crippen LogP contribution in [0.5, 0.6) is 0 Å². The smallest absolute Gasteiger partial charge is 0.252 e. The van der Waals surface area contributed by atoms with Crippen molar-refractivity contribution in [3.63, 3.8) is 0 Å². The molecule has 18 rings (SSSR count). The van der Waals surface area contributed by atoms with Crippen LogP contribution in [0.4, 0.5) is 34.1 Å². The van der Waals surface area contributed by atoms with Crippen LogP contribution in [0, 0.1) is 11.3 Å². The molecular weight excluding hydrogens is 1440 g/mol. The van der Waals surface area contributed by atoms with Gasteiger partial charge in [-0.15, -0.1) is 0 Å². The van der Waals surface area contributed by atoms with E-state index in [1.165, 1.54) is 44.2 Å². The first-order valence-electron chi connectivity index (χ1n) is 44.9. The summed E-state index contributed by atoms with van der Waals surface area (Å²) in [4.78, 5) is 5.00. The van der Waals surface area contributed by atoms with Gasteiger partial charge in [0.25, 0.3) is 6.71 Å². The quantitative estimate of drug-likeness (QED) is 0.135. The van der Waals surface area contributed by atoms with E-state index in [0.717, 1.165) is 139 Å². The molecule has 5 nitrogen and oxygen atoms in total. The van der Waals surface area contributed by atoms with Gasteiger partial charge in [-0.25, -0.2) is 0 Å². The summed E-state index contributed by atoms with van der Waals surface area (Å²) >= 11 is 0. The zero-order valence-electron chi connectivity index (χ0n) is 78.1. The molecule has 2 aromatic heterocycles. The van der Waals surface area contributed by atoms with Gasteiger partial charge < -0.3 is 18.9 Å². The third kappa shape index (κ3) is 13.7. The van der Waals surface area contributed by atoms with Crippen LogP contribution in [-0.2, 0) is 37.9 Å². The Morgan fingerprint density at radius 1 is 0.277 bits per heavy atom. The van der Waals surface area contributed by atoms with Crippen LogP contribution >= 0.6 is 0 Å². The zero-order valence-corrected chi connectivity index (χ0v) is 73.1. The molecule has 0 aliphatic carbocycles. The molecule has 2 aliphatic rings. The Balaban J connectivity index is 1.04. The first kappa shape index (κ1) is 72.1. The number of rotatable bonds is 9. The third-order valence-corrected chi connectivity index (χ3v) is 25.2. The van der Waals surface area contributed by atoms with E-state index in [1.807, 2.05) is 30.3 Å². The number of benzene rings is 14. The number of nitriles is 1. The van der Waals surface area contributed by atoms with Crippen molar-refractivity contribution in [3.05, 3.63) is 330 Å². The number of fused-ring (bicyclic) bond motifs is 10. The van der Waals surface area contributed by atoms with Gasteiger partial charge in [0.1, 0.15) is 6.07 Å². The summed E-state index contributed by atoms with van der Waals surface area (Å²) < 4.78 is 51.1. The summed E-state index contributed by atoms with van der Waals surface area (Å²) in [6.45, 7) is 47.9. The molecule has 0 spiro atoms. The van der Waals surface area contributed by atoms with Crippen molar-refractivity contribution in [1.82, 2.24) is 9.13 Å². The van der Waals surface area contributed by atoms with Crippen molar-refractivity contribution in [3.8, 4) is 73.1 Å². The molecule has 0 saturated carbocycles. The van der Waals surface area contributed by atoms with Gasteiger partial charge in [0.05, 0.1) is 45.9 Å². The van der Waals surface area contributed by atoms with E-state index >= 15 is 0 Å². The standard InChI is InChI=1S/C113H110BN5/c1-107(2,3)79-45-50-98-91(65-79)92-66-80(108(4,5)6)46-51-99(92)116(98)85-47-49-95-103(67-85)117(86-57-73(70-34-24-22-25-35-70)52-77(58-86)88-39-29-28-38-87(88)71-36-26-23-27-37-71)104-61-76(75-55-83(111(13,14)15)64-84(56-75)112(16,17)18)62-105-106(104)114(95)94-48-44-72(74-53-81(109(7,8)9)63-82(54-74)110(10,11)12)60-102(94)119(105)100-68-101(93(113(19,20)21)59-78(100)69-115)118-96-42-32-30-40-89(96)90-41-31-33-43-97(90)118/h22-68H,1-21H3/i23D,26D,27D,36D,37D. The van der Waals surface area contributed by atoms with Gasteiger partial charge in [0, 0.05) is 55.7 Å². The first-order chi connectivity index (χ1) is 58.4. The van der Waals surface area contributed by atoms with E-state index in [1.54, 1.807) is 0 Å². The van der Waals surface area contributed by atoms with Crippen LogP contribution in [0.25, 0.3) is 111 Å². The SMILES string of the molecule is [2H]c1c([2H])c([2H])c(-c2ccccc2-c2cc(-c3ccccc3)cc(N3c4cc(-n5c6ccc(C(C)(C)C)cc6c6cc(C(C)(C)C)ccc65)ccc4B4c5ccc(-c6cc(C(C)(C)C)cc(C(C)(C)C)c6)cc5N(c5cc(-n6c7ccccc7c7ccccc76)c(C(C)(C)C)cc5C#N)c5cc(-c6cc(C(C)(C)C)cc(C(C)(C)C)c6)cc3c54)c2)c([2H])c1[2H]. The molecule has 16 aromatic rings. The van der Waals surface area contributed by atoms with Gasteiger partial charge in [-0.1, -0.05) is 333 Å². The van der Waals surface area contributed by atoms with Crippen molar-refractivity contribution in [2.75, 3.05) is 9.80 Å². The third-order valence-electron chi connectivity index (χ3n) is 25.2. The predicted molar refractivity (Wildman–Crippen MR) is 512 cm³/mol. The van der Waals surface area contributed by atoms with Crippen LogP contribution in [0.3, 0.4) is 0 Å². The lowest BCUT2D eigenvalue weighted by molar-refractivity contribution is 0.568. The molecule has 0 atom stereocenters. The average Bonchev–Trinajstić information content (AvgIpc) is 0.743. The van der Waals surface area contributed by atoms with E-state index < -0.39 is 30.3 Å². The van der Waals surface area contributed by atoms with Crippen LogP contribution in [0.2, 0.25) is 0 Å². The summed E-state index contributed by atoms with van der Waals surface area (Å²) in [6.07, 6.45) is 0. The van der Waals surface area contributed by atoms with E-state index in [9.17, 15) is 8.00 Å². The molecule has 119 heavy (non-hydrogen) atoms. The number of nitrogens with zero attached hydrogens (tertiary/aromatic N) is 5. The molecule has 0 fully saturated rings. The van der Waals surface area contributed by atoms with Crippen LogP contribution in [-0.4, -0.2) is 15.8 Å². The second-order valence-electron chi connectivity index (χ2n) is 40.7. The molecule has 2 aliphatic heterocycles. The van der Waals surface area contributed by atoms with Crippen molar-refractivity contribution < 1.29 is 6.85 Å². The van der Waals surface area contributed by atoms with Crippen molar-refractivity contribution in [2.45, 2.75) is 183 Å². The molecule has 6 heteroatoms. The number of hydrogen-bond acceptors (Lipinski definition) is 3. The van der Waals surface area contributed by atoms with Crippen molar-refractivity contribution >= 4 is 101 Å². The minimum atomic E-state index is -0.454. The number of anilines is 6. The Hall–Kier alpha value is -12.2. The molecule has 14 aromatic carbocycles. The summed E-state index contributed by atoms with van der Waals surface area (Å²) in [6, 6.07) is 96.0. The minimum Gasteiger partial charge on any atom is -0.311 e. The lowest BCUT2D eigenvalue weighted by Gasteiger charge is -2.45. The molecule has 0 saturated heterocycles. The fraction of sp³-hybridized carbons (Fsp3) is 0.248. The Bertz CT molecular complexity index is 6960. The fourth-order valence-corrected chi connectivity index (χ4v) is 18.4. The lowest BCUT2D eigenvalue weighted by Crippen LogP contribution is -2.61. The summed E-state index contributed by atoms with van der Waals surface area (Å²) in [5, 5.41) is 17.2. The highest BCUT2D eigenvalue weighted by atomic mass is 15.2. The van der Waals surface area contributed by atoms with Crippen molar-refractivity contribution in [2.24, 2.45) is 0 Å². The molecular formula is C113H110BN5. The maximum absolute atomic E-state index is 12.6. The summed E-state index contributed by atoms with van der Waals surface area (Å²) in [5.74, 6) is 0. The van der Waals surface area contributed by atoms with E-state index in [-0.39, 0.29) is 50.1 Å². The topological polar surface area (TPSA) is 40.1 Å². The fourth-order valence-electron chi connectivity index (χ4n) is 18.4. The first-order valence-corrected chi connectivity index (χ1v) is 42.4. The lowest BCUT2D eigenvalue weighted by atomic mass is 9.33. The monoisotopic (exact) mass is 1550 g/mol. The molecule has 4 heterocycles. The second-order valence-corrected chi connectivity index (χ2v) is 40.7. The van der Waals surface area contributed by atoms with Crippen LogP contribution in [0.15, 0.2) is 285 Å². The number of aromatic nitrogens is 2. The van der Waals surface area contributed by atoms with E-state index in [4.69, 9.17) is 4.11 Å². The molecule has 590 valence electrons. The van der Waals surface area contributed by atoms with Crippen LogP contribution < -0.4 is 26.2 Å². The van der Waals surface area contributed by atoms with Gasteiger partial charge in [0.2, 0.25) is 0 Å². The highest BCUT2D eigenvalue weighted by Gasteiger charge is 2.46. The highest BCUT2D eigenvalue weighted by Crippen LogP contribution is 2.53. The number of para-hydroxylation sites is 2. The van der Waals surface area contributed by atoms with Gasteiger partial charge in [0.15, 0.2) is 0 Å². The Morgan fingerprint density at radius 2 is 0.714 bits per heavy atom. The van der Waals surface area contributed by atoms with E-state index in [0.29, 0.717) is 16.7 Å². The molecule has 0 unspecified atom stereocenters. The van der Waals surface area contributed by atoms with Crippen molar-refractivity contribution in [1.29, 1.82) is 5.26 Å². The molecule has 0 radical (unpaired) electrons. The maximum atomic E-state index is 12.6. The normalized spacial score (nSPS) is 13.9.